The summed E-state index contributed by atoms with van der Waals surface area (Å²) in [5.41, 5.74) is 1.44. The number of rotatable bonds is 3. The van der Waals surface area contributed by atoms with E-state index >= 15 is 0 Å². The second kappa shape index (κ2) is 4.14. The molecule has 3 nitrogen and oxygen atoms in total. The molecule has 0 aliphatic rings. The van der Waals surface area contributed by atoms with Crippen molar-refractivity contribution in [2.24, 2.45) is 0 Å². The summed E-state index contributed by atoms with van der Waals surface area (Å²) < 4.78 is 0. The number of anilines is 1. The molecule has 1 aromatic carbocycles. The van der Waals surface area contributed by atoms with Gasteiger partial charge in [-0.2, -0.15) is 0 Å². The highest BCUT2D eigenvalue weighted by Crippen LogP contribution is 2.26. The number of hydroxylamine groups is 1. The summed E-state index contributed by atoms with van der Waals surface area (Å²) in [6.07, 6.45) is 0.837. The van der Waals surface area contributed by atoms with Crippen LogP contribution in [0.15, 0.2) is 18.2 Å². The summed E-state index contributed by atoms with van der Waals surface area (Å²) in [4.78, 5) is 0. The molecule has 0 heterocycles. The smallest absolute Gasteiger partial charge is 0.141 e. The van der Waals surface area contributed by atoms with Crippen LogP contribution in [0.4, 0.5) is 5.69 Å². The molecule has 13 heavy (non-hydrogen) atoms. The molecule has 0 aliphatic carbocycles. The van der Waals surface area contributed by atoms with Gasteiger partial charge >= 0.3 is 0 Å². The molecule has 0 bridgehead atoms. The molecule has 1 rings (SSSR count). The number of phenols is 1. The highest BCUT2D eigenvalue weighted by atomic mass is 16.5. The normalized spacial score (nSPS) is 10.1. The van der Waals surface area contributed by atoms with E-state index in [1.165, 1.54) is 0 Å². The minimum absolute atomic E-state index is 0.121. The first-order valence-electron chi connectivity index (χ1n) is 4.41. The molecule has 0 aromatic heterocycles. The van der Waals surface area contributed by atoms with E-state index in [9.17, 15) is 10.3 Å². The summed E-state index contributed by atoms with van der Waals surface area (Å²) in [6.45, 7) is 4.39. The van der Waals surface area contributed by atoms with Crippen LogP contribution in [-0.4, -0.2) is 16.9 Å². The average Bonchev–Trinajstić information content (AvgIpc) is 2.04. The van der Waals surface area contributed by atoms with E-state index in [4.69, 9.17) is 0 Å². The van der Waals surface area contributed by atoms with Crippen molar-refractivity contribution < 1.29 is 10.3 Å². The summed E-state index contributed by atoms with van der Waals surface area (Å²) in [7, 11) is 0. The predicted molar refractivity (Wildman–Crippen MR) is 52.3 cm³/mol. The fourth-order valence-electron chi connectivity index (χ4n) is 1.18. The second-order valence-corrected chi connectivity index (χ2v) is 3.12. The number of nitrogens with zero attached hydrogens (tertiary/aromatic N) is 1. The van der Waals surface area contributed by atoms with Crippen molar-refractivity contribution in [1.82, 2.24) is 0 Å². The maximum atomic E-state index is 9.49. The van der Waals surface area contributed by atoms with Gasteiger partial charge in [-0.15, -0.1) is 0 Å². The van der Waals surface area contributed by atoms with E-state index in [2.05, 4.69) is 0 Å². The third-order valence-corrected chi connectivity index (χ3v) is 1.84. The number of hydrogen-bond acceptors (Lipinski definition) is 3. The first-order valence-corrected chi connectivity index (χ1v) is 4.41. The third-order valence-electron chi connectivity index (χ3n) is 1.84. The van der Waals surface area contributed by atoms with Crippen LogP contribution in [0.25, 0.3) is 0 Å². The van der Waals surface area contributed by atoms with Crippen LogP contribution in [0.3, 0.4) is 0 Å². The van der Waals surface area contributed by atoms with Gasteiger partial charge in [0.2, 0.25) is 0 Å². The lowest BCUT2D eigenvalue weighted by atomic mass is 10.2. The van der Waals surface area contributed by atoms with Crippen LogP contribution in [0.2, 0.25) is 0 Å². The first-order chi connectivity index (χ1) is 6.15. The van der Waals surface area contributed by atoms with E-state index < -0.39 is 0 Å². The number of aromatic hydroxyl groups is 1. The molecule has 0 spiro atoms. The van der Waals surface area contributed by atoms with E-state index in [0.29, 0.717) is 12.2 Å². The minimum atomic E-state index is 0.121. The summed E-state index contributed by atoms with van der Waals surface area (Å²) in [6, 6.07) is 5.20. The molecular weight excluding hydrogens is 166 g/mol. The summed E-state index contributed by atoms with van der Waals surface area (Å²) in [5.74, 6) is 0.121. The lowest BCUT2D eigenvalue weighted by molar-refractivity contribution is 0.250. The topological polar surface area (TPSA) is 43.7 Å². The Morgan fingerprint density at radius 3 is 2.62 bits per heavy atom. The second-order valence-electron chi connectivity index (χ2n) is 3.12. The Labute approximate surface area is 78.2 Å². The molecule has 0 fully saturated rings. The van der Waals surface area contributed by atoms with Gasteiger partial charge in [0, 0.05) is 6.54 Å². The van der Waals surface area contributed by atoms with Crippen molar-refractivity contribution in [1.29, 1.82) is 0 Å². The quantitative estimate of drug-likeness (QED) is 0.703. The van der Waals surface area contributed by atoms with E-state index in [1.807, 2.05) is 19.9 Å². The van der Waals surface area contributed by atoms with Crippen molar-refractivity contribution in [3.05, 3.63) is 23.8 Å². The molecule has 0 saturated heterocycles. The molecule has 1 aromatic rings. The zero-order valence-electron chi connectivity index (χ0n) is 7.99. The average molecular weight is 181 g/mol. The van der Waals surface area contributed by atoms with Crippen LogP contribution in [0.5, 0.6) is 5.75 Å². The number of hydrogen-bond donors (Lipinski definition) is 2. The monoisotopic (exact) mass is 181 g/mol. The van der Waals surface area contributed by atoms with E-state index in [0.717, 1.165) is 17.0 Å². The summed E-state index contributed by atoms with van der Waals surface area (Å²) in [5, 5.41) is 20.0. The van der Waals surface area contributed by atoms with Crippen molar-refractivity contribution in [3.8, 4) is 5.75 Å². The molecule has 0 atom stereocenters. The van der Waals surface area contributed by atoms with Gasteiger partial charge in [0.1, 0.15) is 11.4 Å². The van der Waals surface area contributed by atoms with Gasteiger partial charge in [-0.05, 0) is 31.0 Å². The fraction of sp³-hybridized carbons (Fsp3) is 0.400. The van der Waals surface area contributed by atoms with Gasteiger partial charge in [-0.25, -0.2) is 0 Å². The van der Waals surface area contributed by atoms with Gasteiger partial charge < -0.3 is 5.11 Å². The predicted octanol–water partition coefficient (Wildman–Crippen LogP) is 2.31. The van der Waals surface area contributed by atoms with Gasteiger partial charge in [-0.1, -0.05) is 13.0 Å². The van der Waals surface area contributed by atoms with Crippen molar-refractivity contribution >= 4 is 5.69 Å². The van der Waals surface area contributed by atoms with Gasteiger partial charge in [0.25, 0.3) is 0 Å². The van der Waals surface area contributed by atoms with Crippen molar-refractivity contribution in [2.75, 3.05) is 11.6 Å². The zero-order valence-corrected chi connectivity index (χ0v) is 7.99. The van der Waals surface area contributed by atoms with Crippen molar-refractivity contribution in [2.45, 2.75) is 20.3 Å². The Morgan fingerprint density at radius 2 is 2.08 bits per heavy atom. The SMILES string of the molecule is CCCN(O)c1ccc(C)cc1O. The number of benzene rings is 1. The van der Waals surface area contributed by atoms with Gasteiger partial charge in [0.15, 0.2) is 0 Å². The number of phenolic OH excluding ortho intramolecular Hbond substituents is 1. The van der Waals surface area contributed by atoms with Crippen LogP contribution >= 0.6 is 0 Å². The first kappa shape index (κ1) is 9.86. The largest absolute Gasteiger partial charge is 0.506 e. The molecule has 3 heteroatoms. The Hall–Kier alpha value is -1.22. The van der Waals surface area contributed by atoms with E-state index in [1.54, 1.807) is 12.1 Å². The fourth-order valence-corrected chi connectivity index (χ4v) is 1.18. The van der Waals surface area contributed by atoms with Gasteiger partial charge in [0.05, 0.1) is 0 Å². The van der Waals surface area contributed by atoms with Crippen molar-refractivity contribution in [3.63, 3.8) is 0 Å². The zero-order chi connectivity index (χ0) is 9.84. The molecule has 0 amide bonds. The molecule has 2 N–H and O–H groups in total. The Balaban J connectivity index is 2.88. The summed E-state index contributed by atoms with van der Waals surface area (Å²) >= 11 is 0. The van der Waals surface area contributed by atoms with Crippen LogP contribution in [-0.2, 0) is 0 Å². The minimum Gasteiger partial charge on any atom is -0.506 e. The standard InChI is InChI=1S/C10H15NO2/c1-3-6-11(13)9-5-4-8(2)7-10(9)12/h4-5,7,12-13H,3,6H2,1-2H3. The van der Waals surface area contributed by atoms with Crippen LogP contribution in [0.1, 0.15) is 18.9 Å². The highest BCUT2D eigenvalue weighted by molar-refractivity contribution is 5.56. The maximum absolute atomic E-state index is 9.49. The lowest BCUT2D eigenvalue weighted by Crippen LogP contribution is -2.18. The van der Waals surface area contributed by atoms with Crippen LogP contribution in [0, 0.1) is 6.92 Å². The third kappa shape index (κ3) is 2.36. The number of aryl methyl sites for hydroxylation is 1. The van der Waals surface area contributed by atoms with Crippen LogP contribution < -0.4 is 5.06 Å². The Morgan fingerprint density at radius 1 is 1.38 bits per heavy atom. The molecule has 0 saturated carbocycles. The van der Waals surface area contributed by atoms with Gasteiger partial charge in [-0.3, -0.25) is 10.3 Å². The molecule has 0 aliphatic heterocycles. The molecular formula is C10H15NO2. The lowest BCUT2D eigenvalue weighted by Gasteiger charge is -2.17. The Kier molecular flexibility index (Phi) is 3.14. The Bertz CT molecular complexity index is 286. The van der Waals surface area contributed by atoms with E-state index in [-0.39, 0.29) is 5.75 Å². The molecule has 72 valence electrons. The molecule has 0 unspecified atom stereocenters. The maximum Gasteiger partial charge on any atom is 0.141 e. The highest BCUT2D eigenvalue weighted by Gasteiger charge is 2.06. The molecule has 0 radical (unpaired) electrons.